The molecule has 5 nitrogen and oxygen atoms in total. The molecule has 0 aromatic carbocycles. The predicted octanol–water partition coefficient (Wildman–Crippen LogP) is 1.90. The van der Waals surface area contributed by atoms with Crippen LogP contribution in [0.15, 0.2) is 0 Å². The fraction of sp³-hybridized carbons (Fsp3) is 0.700. The molecule has 1 aliphatic carbocycles. The van der Waals surface area contributed by atoms with E-state index in [1.54, 1.807) is 0 Å². The van der Waals surface area contributed by atoms with E-state index in [-0.39, 0.29) is 11.8 Å². The molecule has 1 aliphatic rings. The fourth-order valence-corrected chi connectivity index (χ4v) is 2.61. The molecule has 1 saturated carbocycles. The van der Waals surface area contributed by atoms with Crippen LogP contribution in [-0.2, 0) is 4.79 Å². The quantitative estimate of drug-likeness (QED) is 0.823. The minimum Gasteiger partial charge on any atom is -0.481 e. The van der Waals surface area contributed by atoms with Crippen LogP contribution in [0.2, 0.25) is 0 Å². The van der Waals surface area contributed by atoms with Gasteiger partial charge in [-0.1, -0.05) is 6.42 Å². The van der Waals surface area contributed by atoms with Gasteiger partial charge in [0, 0.05) is 18.1 Å². The molecule has 1 fully saturated rings. The number of aryl methyl sites for hydroxylation is 1. The first-order valence-electron chi connectivity index (χ1n) is 5.36. The average Bonchev–Trinajstić information content (AvgIpc) is 2.55. The number of carbonyl (C=O) groups is 1. The first-order chi connectivity index (χ1) is 7.60. The molecule has 0 aliphatic heterocycles. The Labute approximate surface area is 98.1 Å². The van der Waals surface area contributed by atoms with E-state index >= 15 is 0 Å². The van der Waals surface area contributed by atoms with Gasteiger partial charge in [-0.2, -0.15) is 4.37 Å². The van der Waals surface area contributed by atoms with Crippen molar-refractivity contribution in [2.45, 2.75) is 32.6 Å². The summed E-state index contributed by atoms with van der Waals surface area (Å²) >= 11 is 1.32. The van der Waals surface area contributed by atoms with Gasteiger partial charge in [0.15, 0.2) is 0 Å². The molecule has 88 valence electrons. The molecule has 1 heterocycles. The Bertz CT molecular complexity index is 387. The van der Waals surface area contributed by atoms with E-state index in [2.05, 4.69) is 14.7 Å². The standard InChI is InChI=1S/C10H15N3O2S/c1-7-12-9(16-13-7)11-6-10(3-2-4-10)5-8(14)15/h2-6H2,1H3,(H,14,15)(H,11,12,13). The van der Waals surface area contributed by atoms with Gasteiger partial charge in [-0.3, -0.25) is 4.79 Å². The van der Waals surface area contributed by atoms with Crippen molar-refractivity contribution in [2.75, 3.05) is 11.9 Å². The lowest BCUT2D eigenvalue weighted by molar-refractivity contribution is -0.141. The number of anilines is 1. The maximum atomic E-state index is 10.8. The monoisotopic (exact) mass is 241 g/mol. The molecule has 2 rings (SSSR count). The van der Waals surface area contributed by atoms with Gasteiger partial charge in [0.2, 0.25) is 5.13 Å². The smallest absolute Gasteiger partial charge is 0.303 e. The Hall–Kier alpha value is -1.17. The highest BCUT2D eigenvalue weighted by atomic mass is 32.1. The van der Waals surface area contributed by atoms with Crippen molar-refractivity contribution < 1.29 is 9.90 Å². The van der Waals surface area contributed by atoms with Crippen LogP contribution in [0.3, 0.4) is 0 Å². The average molecular weight is 241 g/mol. The molecule has 0 saturated heterocycles. The molecule has 1 aromatic heterocycles. The second-order valence-electron chi connectivity index (χ2n) is 4.42. The molecule has 0 bridgehead atoms. The topological polar surface area (TPSA) is 75.1 Å². The largest absolute Gasteiger partial charge is 0.481 e. The van der Waals surface area contributed by atoms with Crippen LogP contribution in [-0.4, -0.2) is 27.0 Å². The minimum atomic E-state index is -0.713. The summed E-state index contributed by atoms with van der Waals surface area (Å²) in [4.78, 5) is 15.0. The Balaban J connectivity index is 1.90. The molecule has 0 spiro atoms. The van der Waals surface area contributed by atoms with Crippen molar-refractivity contribution in [3.63, 3.8) is 0 Å². The highest BCUT2D eigenvalue weighted by Crippen LogP contribution is 2.44. The van der Waals surface area contributed by atoms with Crippen LogP contribution in [0.5, 0.6) is 0 Å². The molecular formula is C10H15N3O2S. The van der Waals surface area contributed by atoms with Gasteiger partial charge >= 0.3 is 5.97 Å². The van der Waals surface area contributed by atoms with E-state index in [1.807, 2.05) is 6.92 Å². The lowest BCUT2D eigenvalue weighted by atomic mass is 9.66. The van der Waals surface area contributed by atoms with Crippen LogP contribution < -0.4 is 5.32 Å². The number of carboxylic acid groups (broad SMARTS) is 1. The van der Waals surface area contributed by atoms with Crippen LogP contribution >= 0.6 is 11.5 Å². The zero-order chi connectivity index (χ0) is 11.6. The Morgan fingerprint density at radius 1 is 1.62 bits per heavy atom. The van der Waals surface area contributed by atoms with Crippen molar-refractivity contribution >= 4 is 22.6 Å². The highest BCUT2D eigenvalue weighted by molar-refractivity contribution is 7.09. The van der Waals surface area contributed by atoms with E-state index in [4.69, 9.17) is 5.11 Å². The molecule has 0 amide bonds. The number of hydrogen-bond acceptors (Lipinski definition) is 5. The van der Waals surface area contributed by atoms with Crippen LogP contribution in [0.25, 0.3) is 0 Å². The fourth-order valence-electron chi connectivity index (χ4n) is 2.05. The molecular weight excluding hydrogens is 226 g/mol. The summed E-state index contributed by atoms with van der Waals surface area (Å²) in [7, 11) is 0. The maximum absolute atomic E-state index is 10.8. The Kier molecular flexibility index (Phi) is 3.09. The van der Waals surface area contributed by atoms with E-state index in [0.717, 1.165) is 30.2 Å². The van der Waals surface area contributed by atoms with Gasteiger partial charge in [0.05, 0.1) is 6.42 Å². The summed E-state index contributed by atoms with van der Waals surface area (Å²) in [5, 5.41) is 12.8. The zero-order valence-corrected chi connectivity index (χ0v) is 10.0. The van der Waals surface area contributed by atoms with Gasteiger partial charge in [-0.25, -0.2) is 4.98 Å². The summed E-state index contributed by atoms with van der Waals surface area (Å²) in [5.74, 6) is 0.0448. The highest BCUT2D eigenvalue weighted by Gasteiger charge is 2.38. The van der Waals surface area contributed by atoms with Gasteiger partial charge in [-0.15, -0.1) is 0 Å². The van der Waals surface area contributed by atoms with E-state index in [0.29, 0.717) is 6.54 Å². The van der Waals surface area contributed by atoms with Gasteiger partial charge in [0.25, 0.3) is 0 Å². The first kappa shape index (κ1) is 11.3. The van der Waals surface area contributed by atoms with E-state index < -0.39 is 5.97 Å². The summed E-state index contributed by atoms with van der Waals surface area (Å²) in [6, 6.07) is 0. The summed E-state index contributed by atoms with van der Waals surface area (Å²) in [6.07, 6.45) is 3.36. The van der Waals surface area contributed by atoms with Crippen molar-refractivity contribution in [3.8, 4) is 0 Å². The molecule has 0 atom stereocenters. The predicted molar refractivity (Wildman–Crippen MR) is 61.7 cm³/mol. The third kappa shape index (κ3) is 2.49. The van der Waals surface area contributed by atoms with Crippen molar-refractivity contribution in [2.24, 2.45) is 5.41 Å². The van der Waals surface area contributed by atoms with E-state index in [1.165, 1.54) is 11.5 Å². The minimum absolute atomic E-state index is 0.0641. The number of hydrogen-bond donors (Lipinski definition) is 2. The van der Waals surface area contributed by atoms with Gasteiger partial charge < -0.3 is 10.4 Å². The molecule has 16 heavy (non-hydrogen) atoms. The molecule has 6 heteroatoms. The molecule has 0 radical (unpaired) electrons. The number of nitrogens with zero attached hydrogens (tertiary/aromatic N) is 2. The number of nitrogens with one attached hydrogen (secondary N) is 1. The van der Waals surface area contributed by atoms with Gasteiger partial charge in [-0.05, 0) is 25.2 Å². The zero-order valence-electron chi connectivity index (χ0n) is 9.19. The summed E-state index contributed by atoms with van der Waals surface area (Å²) in [6.45, 7) is 2.53. The summed E-state index contributed by atoms with van der Waals surface area (Å²) in [5.41, 5.74) is -0.0641. The molecule has 1 aromatic rings. The lowest BCUT2D eigenvalue weighted by Crippen LogP contribution is -2.38. The third-order valence-electron chi connectivity index (χ3n) is 3.08. The number of aromatic nitrogens is 2. The Morgan fingerprint density at radius 3 is 2.81 bits per heavy atom. The van der Waals surface area contributed by atoms with Gasteiger partial charge in [0.1, 0.15) is 5.82 Å². The lowest BCUT2D eigenvalue weighted by Gasteiger charge is -2.40. The van der Waals surface area contributed by atoms with Crippen LogP contribution in [0.1, 0.15) is 31.5 Å². The number of aliphatic carboxylic acids is 1. The molecule has 2 N–H and O–H groups in total. The molecule has 0 unspecified atom stereocenters. The number of rotatable bonds is 5. The van der Waals surface area contributed by atoms with Crippen LogP contribution in [0, 0.1) is 12.3 Å². The number of carboxylic acids is 1. The van der Waals surface area contributed by atoms with Crippen molar-refractivity contribution in [1.82, 2.24) is 9.36 Å². The van der Waals surface area contributed by atoms with Crippen molar-refractivity contribution in [3.05, 3.63) is 5.82 Å². The third-order valence-corrected chi connectivity index (χ3v) is 3.85. The second kappa shape index (κ2) is 4.37. The Morgan fingerprint density at radius 2 is 2.38 bits per heavy atom. The van der Waals surface area contributed by atoms with Crippen LogP contribution in [0.4, 0.5) is 5.13 Å². The van der Waals surface area contributed by atoms with Crippen molar-refractivity contribution in [1.29, 1.82) is 0 Å². The second-order valence-corrected chi connectivity index (χ2v) is 5.18. The first-order valence-corrected chi connectivity index (χ1v) is 6.13. The van der Waals surface area contributed by atoms with E-state index in [9.17, 15) is 4.79 Å². The maximum Gasteiger partial charge on any atom is 0.303 e. The normalized spacial score (nSPS) is 17.8. The summed E-state index contributed by atoms with van der Waals surface area (Å²) < 4.78 is 4.07. The SMILES string of the molecule is Cc1nsc(NCC2(CC(=O)O)CCC2)n1.